The highest BCUT2D eigenvalue weighted by atomic mass is 32.2. The van der Waals surface area contributed by atoms with E-state index in [2.05, 4.69) is 5.43 Å². The van der Waals surface area contributed by atoms with Gasteiger partial charge in [0.1, 0.15) is 23.0 Å². The van der Waals surface area contributed by atoms with Gasteiger partial charge < -0.3 is 13.9 Å². The number of furan rings is 1. The number of thiocarbonyl (C=S) groups is 1. The number of nitro groups is 1. The zero-order chi connectivity index (χ0) is 25.1. The molecule has 4 rings (SSSR count). The average molecular weight is 512 g/mol. The number of benzene rings is 2. The summed E-state index contributed by atoms with van der Waals surface area (Å²) in [6.45, 7) is 0. The first-order valence-corrected chi connectivity index (χ1v) is 11.2. The summed E-state index contributed by atoms with van der Waals surface area (Å²) in [6, 6.07) is 13.9. The van der Waals surface area contributed by atoms with Gasteiger partial charge in [0.25, 0.3) is 17.5 Å². The van der Waals surface area contributed by atoms with Crippen LogP contribution in [-0.4, -0.2) is 40.3 Å². The molecule has 12 heteroatoms. The van der Waals surface area contributed by atoms with E-state index in [1.807, 2.05) is 0 Å². The molecule has 1 saturated heterocycles. The van der Waals surface area contributed by atoms with E-state index in [1.165, 1.54) is 32.4 Å². The first-order chi connectivity index (χ1) is 16.8. The number of nitro benzene ring substituents is 1. The topological polar surface area (TPSA) is 124 Å². The molecule has 1 N–H and O–H groups in total. The van der Waals surface area contributed by atoms with Crippen molar-refractivity contribution < 1.29 is 28.4 Å². The Bertz CT molecular complexity index is 1370. The first kappa shape index (κ1) is 24.0. The van der Waals surface area contributed by atoms with E-state index in [0.29, 0.717) is 17.1 Å². The SMILES string of the molecule is COc1ccc(C(=O)NN2C(=O)/C(=C\c3ccc(-c4ccc(OC)cc4[N+](=O)[O-])o3)SC2=S)cc1. The van der Waals surface area contributed by atoms with Gasteiger partial charge in [-0.3, -0.25) is 25.1 Å². The number of rotatable bonds is 7. The lowest BCUT2D eigenvalue weighted by Crippen LogP contribution is -2.44. The summed E-state index contributed by atoms with van der Waals surface area (Å²) in [7, 11) is 2.93. The van der Waals surface area contributed by atoms with Crippen molar-refractivity contribution >= 4 is 51.9 Å². The zero-order valence-electron chi connectivity index (χ0n) is 18.3. The van der Waals surface area contributed by atoms with Gasteiger partial charge in [-0.1, -0.05) is 11.8 Å². The highest BCUT2D eigenvalue weighted by molar-refractivity contribution is 8.26. The Morgan fingerprint density at radius 3 is 2.46 bits per heavy atom. The molecular weight excluding hydrogens is 494 g/mol. The van der Waals surface area contributed by atoms with E-state index in [0.717, 1.165) is 16.8 Å². The second kappa shape index (κ2) is 9.99. The summed E-state index contributed by atoms with van der Waals surface area (Å²) >= 11 is 6.23. The van der Waals surface area contributed by atoms with Crippen LogP contribution in [0.4, 0.5) is 5.69 Å². The molecule has 0 atom stereocenters. The van der Waals surface area contributed by atoms with Gasteiger partial charge >= 0.3 is 0 Å². The second-order valence-electron chi connectivity index (χ2n) is 7.03. The lowest BCUT2D eigenvalue weighted by atomic mass is 10.1. The van der Waals surface area contributed by atoms with Crippen LogP contribution >= 0.6 is 24.0 Å². The van der Waals surface area contributed by atoms with Crippen molar-refractivity contribution in [3.05, 3.63) is 80.9 Å². The van der Waals surface area contributed by atoms with Gasteiger partial charge in [-0.05, 0) is 60.7 Å². The minimum atomic E-state index is -0.532. The maximum Gasteiger partial charge on any atom is 0.285 e. The van der Waals surface area contributed by atoms with Crippen LogP contribution in [0, 0.1) is 10.1 Å². The quantitative estimate of drug-likeness (QED) is 0.212. The third-order valence-electron chi connectivity index (χ3n) is 4.93. The van der Waals surface area contributed by atoms with Crippen molar-refractivity contribution in [3.8, 4) is 22.8 Å². The third-order valence-corrected chi connectivity index (χ3v) is 6.23. The van der Waals surface area contributed by atoms with Gasteiger partial charge in [0, 0.05) is 11.6 Å². The van der Waals surface area contributed by atoms with E-state index in [-0.39, 0.29) is 32.0 Å². The van der Waals surface area contributed by atoms with E-state index < -0.39 is 16.7 Å². The Balaban J connectivity index is 1.52. The van der Waals surface area contributed by atoms with Crippen molar-refractivity contribution in [2.24, 2.45) is 0 Å². The van der Waals surface area contributed by atoms with Crippen molar-refractivity contribution in [3.63, 3.8) is 0 Å². The molecule has 2 heterocycles. The number of hydrazine groups is 1. The molecule has 0 aliphatic carbocycles. The first-order valence-electron chi connectivity index (χ1n) is 9.96. The van der Waals surface area contributed by atoms with Crippen LogP contribution < -0.4 is 14.9 Å². The Morgan fingerprint density at radius 2 is 1.80 bits per heavy atom. The summed E-state index contributed by atoms with van der Waals surface area (Å²) in [5, 5.41) is 12.5. The van der Waals surface area contributed by atoms with Crippen molar-refractivity contribution in [2.75, 3.05) is 14.2 Å². The summed E-state index contributed by atoms with van der Waals surface area (Å²) < 4.78 is 16.0. The van der Waals surface area contributed by atoms with Gasteiger partial charge in [-0.25, -0.2) is 0 Å². The number of nitrogens with one attached hydrogen (secondary N) is 1. The van der Waals surface area contributed by atoms with Gasteiger partial charge in [0.15, 0.2) is 4.32 Å². The molecule has 3 aromatic rings. The maximum atomic E-state index is 12.8. The fourth-order valence-corrected chi connectivity index (χ4v) is 4.33. The molecule has 0 bridgehead atoms. The van der Waals surface area contributed by atoms with E-state index in [4.69, 9.17) is 26.1 Å². The Kier molecular flexibility index (Phi) is 6.85. The van der Waals surface area contributed by atoms with Crippen LogP contribution in [0.1, 0.15) is 16.1 Å². The third kappa shape index (κ3) is 5.03. The summed E-state index contributed by atoms with van der Waals surface area (Å²) in [6.07, 6.45) is 1.46. The molecular formula is C23H17N3O7S2. The van der Waals surface area contributed by atoms with Crippen molar-refractivity contribution in [2.45, 2.75) is 0 Å². The molecule has 1 fully saturated rings. The zero-order valence-corrected chi connectivity index (χ0v) is 20.0. The molecule has 0 spiro atoms. The van der Waals surface area contributed by atoms with E-state index >= 15 is 0 Å². The lowest BCUT2D eigenvalue weighted by Gasteiger charge is -2.15. The van der Waals surface area contributed by atoms with Crippen LogP contribution in [-0.2, 0) is 4.79 Å². The van der Waals surface area contributed by atoms with Crippen molar-refractivity contribution in [1.82, 2.24) is 10.4 Å². The molecule has 1 aliphatic heterocycles. The normalized spacial score (nSPS) is 14.3. The van der Waals surface area contributed by atoms with Crippen molar-refractivity contribution in [1.29, 1.82) is 0 Å². The molecule has 178 valence electrons. The number of amides is 2. The van der Waals surface area contributed by atoms with Crippen LogP contribution in [0.15, 0.2) is 63.9 Å². The van der Waals surface area contributed by atoms with E-state index in [1.54, 1.807) is 42.5 Å². The van der Waals surface area contributed by atoms with Gasteiger partial charge in [0.2, 0.25) is 0 Å². The molecule has 2 aromatic carbocycles. The molecule has 0 radical (unpaired) electrons. The molecule has 35 heavy (non-hydrogen) atoms. The van der Waals surface area contributed by atoms with Gasteiger partial charge in [-0.2, -0.15) is 5.01 Å². The summed E-state index contributed by atoms with van der Waals surface area (Å²) in [4.78, 5) is 36.5. The standard InChI is InChI=1S/C23H17N3O7S2/c1-31-14-5-3-13(4-6-14)21(27)24-25-22(28)20(35-23(25)34)12-16-8-10-19(33-16)17-9-7-15(32-2)11-18(17)26(29)30/h3-12H,1-2H3,(H,24,27)/b20-12+. The predicted octanol–water partition coefficient (Wildman–Crippen LogP) is 4.42. The number of ether oxygens (including phenoxy) is 2. The van der Waals surface area contributed by atoms with Crippen LogP contribution in [0.2, 0.25) is 0 Å². The smallest absolute Gasteiger partial charge is 0.285 e. The molecule has 0 saturated carbocycles. The summed E-state index contributed by atoms with van der Waals surface area (Å²) in [5.74, 6) is 0.411. The number of hydrogen-bond donors (Lipinski definition) is 1. The minimum Gasteiger partial charge on any atom is -0.497 e. The van der Waals surface area contributed by atoms with Gasteiger partial charge in [0.05, 0.1) is 35.7 Å². The van der Waals surface area contributed by atoms with Gasteiger partial charge in [-0.15, -0.1) is 0 Å². The predicted molar refractivity (Wildman–Crippen MR) is 133 cm³/mol. The highest BCUT2D eigenvalue weighted by Gasteiger charge is 2.34. The highest BCUT2D eigenvalue weighted by Crippen LogP contribution is 2.36. The molecule has 10 nitrogen and oxygen atoms in total. The Hall–Kier alpha value is -4.16. The molecule has 0 unspecified atom stereocenters. The Labute approximate surface area is 208 Å². The van der Waals surface area contributed by atoms with E-state index in [9.17, 15) is 19.7 Å². The number of nitrogens with zero attached hydrogens (tertiary/aromatic N) is 2. The number of methoxy groups -OCH3 is 2. The van der Waals surface area contributed by atoms with Crippen LogP contribution in [0.3, 0.4) is 0 Å². The largest absolute Gasteiger partial charge is 0.497 e. The monoisotopic (exact) mass is 511 g/mol. The lowest BCUT2D eigenvalue weighted by molar-refractivity contribution is -0.384. The average Bonchev–Trinajstić information content (AvgIpc) is 3.43. The van der Waals surface area contributed by atoms with Crippen LogP contribution in [0.5, 0.6) is 11.5 Å². The maximum absolute atomic E-state index is 12.8. The summed E-state index contributed by atoms with van der Waals surface area (Å²) in [5.41, 5.74) is 2.89. The molecule has 1 aliphatic rings. The minimum absolute atomic E-state index is 0.140. The fraction of sp³-hybridized carbons (Fsp3) is 0.0870. The number of thioether (sulfide) groups is 1. The molecule has 2 amide bonds. The number of hydrogen-bond acceptors (Lipinski definition) is 9. The van der Waals surface area contributed by atoms with Crippen LogP contribution in [0.25, 0.3) is 17.4 Å². The number of carbonyl (C=O) groups is 2. The number of carbonyl (C=O) groups excluding carboxylic acids is 2. The fourth-order valence-electron chi connectivity index (χ4n) is 3.17. The second-order valence-corrected chi connectivity index (χ2v) is 8.70. The Morgan fingerprint density at radius 1 is 1.11 bits per heavy atom. The molecule has 1 aromatic heterocycles.